The molecule has 0 saturated carbocycles. The van der Waals surface area contributed by atoms with Crippen molar-refractivity contribution in [2.45, 2.75) is 45.0 Å². The van der Waals surface area contributed by atoms with Crippen molar-refractivity contribution in [1.82, 2.24) is 0 Å². The fraction of sp³-hybridized carbons (Fsp3) is 0.526. The van der Waals surface area contributed by atoms with E-state index in [1.54, 1.807) is 19.9 Å². The van der Waals surface area contributed by atoms with Crippen LogP contribution < -0.4 is 0 Å². The molecule has 134 valence electrons. The lowest BCUT2D eigenvalue weighted by atomic mass is 9.88. The summed E-state index contributed by atoms with van der Waals surface area (Å²) in [4.78, 5) is 34.9. The van der Waals surface area contributed by atoms with Crippen molar-refractivity contribution >= 4 is 18.2 Å². The molecule has 2 fully saturated rings. The Balaban J connectivity index is 1.81. The summed E-state index contributed by atoms with van der Waals surface area (Å²) in [5.41, 5.74) is 1.80. The number of hydrogen-bond donors (Lipinski definition) is 0. The van der Waals surface area contributed by atoms with Crippen LogP contribution in [0.25, 0.3) is 0 Å². The SMILES string of the molecule is C=C1C(=O)O[C@@H]2C/C(C=O)=C\[C@H]3O[C@@H]3/C(COC(=O)C(C)C)=C/C[C@@H]12. The second kappa shape index (κ2) is 6.96. The van der Waals surface area contributed by atoms with Gasteiger partial charge in [0.25, 0.3) is 0 Å². The van der Waals surface area contributed by atoms with Crippen LogP contribution in [0.5, 0.6) is 0 Å². The maximum absolute atomic E-state index is 11.8. The quantitative estimate of drug-likeness (QED) is 0.254. The van der Waals surface area contributed by atoms with Crippen molar-refractivity contribution in [2.75, 3.05) is 6.61 Å². The van der Waals surface area contributed by atoms with Crippen molar-refractivity contribution < 1.29 is 28.6 Å². The minimum Gasteiger partial charge on any atom is -0.461 e. The van der Waals surface area contributed by atoms with E-state index in [0.29, 0.717) is 24.0 Å². The largest absolute Gasteiger partial charge is 0.461 e. The fourth-order valence-corrected chi connectivity index (χ4v) is 3.15. The van der Waals surface area contributed by atoms with Crippen LogP contribution in [-0.2, 0) is 28.6 Å². The first kappa shape index (κ1) is 17.6. The normalized spacial score (nSPS) is 35.5. The fourth-order valence-electron chi connectivity index (χ4n) is 3.15. The van der Waals surface area contributed by atoms with Gasteiger partial charge in [0.1, 0.15) is 31.2 Å². The Bertz CT molecular complexity index is 671. The molecule has 6 nitrogen and oxygen atoms in total. The van der Waals surface area contributed by atoms with Crippen molar-refractivity contribution in [3.05, 3.63) is 35.5 Å². The molecule has 0 aromatic carbocycles. The lowest BCUT2D eigenvalue weighted by Gasteiger charge is -2.18. The molecule has 4 atom stereocenters. The molecule has 0 radical (unpaired) electrons. The van der Waals surface area contributed by atoms with Crippen LogP contribution in [0, 0.1) is 11.8 Å². The van der Waals surface area contributed by atoms with Crippen LogP contribution in [0.4, 0.5) is 0 Å². The number of fused-ring (bicyclic) bond motifs is 2. The van der Waals surface area contributed by atoms with Crippen molar-refractivity contribution in [1.29, 1.82) is 0 Å². The van der Waals surface area contributed by atoms with E-state index >= 15 is 0 Å². The second-order valence-electron chi connectivity index (χ2n) is 6.94. The third kappa shape index (κ3) is 3.74. The number of ether oxygens (including phenoxy) is 3. The molecule has 2 heterocycles. The van der Waals surface area contributed by atoms with E-state index in [9.17, 15) is 14.4 Å². The van der Waals surface area contributed by atoms with E-state index in [2.05, 4.69) is 6.58 Å². The lowest BCUT2D eigenvalue weighted by molar-refractivity contribution is -0.146. The van der Waals surface area contributed by atoms with Gasteiger partial charge in [-0.05, 0) is 23.6 Å². The van der Waals surface area contributed by atoms with Crippen LogP contribution in [-0.4, -0.2) is 43.1 Å². The number of hydrogen-bond acceptors (Lipinski definition) is 6. The van der Waals surface area contributed by atoms with Gasteiger partial charge in [0.15, 0.2) is 0 Å². The van der Waals surface area contributed by atoms with Crippen LogP contribution in [0.1, 0.15) is 26.7 Å². The average molecular weight is 346 g/mol. The van der Waals surface area contributed by atoms with Gasteiger partial charge in [-0.3, -0.25) is 9.59 Å². The molecule has 2 aliphatic heterocycles. The van der Waals surface area contributed by atoms with E-state index in [0.717, 1.165) is 11.9 Å². The summed E-state index contributed by atoms with van der Waals surface area (Å²) in [5, 5.41) is 0. The minimum absolute atomic E-state index is 0.140. The van der Waals surface area contributed by atoms with Crippen LogP contribution >= 0.6 is 0 Å². The summed E-state index contributed by atoms with van der Waals surface area (Å²) in [6, 6.07) is 0. The zero-order valence-electron chi connectivity index (χ0n) is 14.4. The number of aldehydes is 1. The van der Waals surface area contributed by atoms with Gasteiger partial charge in [-0.25, -0.2) is 4.79 Å². The average Bonchev–Trinajstić information content (AvgIpc) is 3.28. The van der Waals surface area contributed by atoms with E-state index < -0.39 is 12.1 Å². The van der Waals surface area contributed by atoms with Gasteiger partial charge in [0.2, 0.25) is 0 Å². The molecule has 0 unspecified atom stereocenters. The first-order chi connectivity index (χ1) is 11.9. The van der Waals surface area contributed by atoms with Gasteiger partial charge in [0, 0.05) is 17.9 Å². The van der Waals surface area contributed by atoms with Crippen LogP contribution in [0.2, 0.25) is 0 Å². The van der Waals surface area contributed by atoms with E-state index in [1.165, 1.54) is 0 Å². The number of epoxide rings is 1. The number of carbonyl (C=O) groups excluding carboxylic acids is 3. The zero-order valence-corrected chi connectivity index (χ0v) is 14.4. The van der Waals surface area contributed by atoms with E-state index in [1.807, 2.05) is 6.08 Å². The van der Waals surface area contributed by atoms with Gasteiger partial charge < -0.3 is 14.2 Å². The molecule has 2 saturated heterocycles. The molecular weight excluding hydrogens is 324 g/mol. The summed E-state index contributed by atoms with van der Waals surface area (Å²) >= 11 is 0. The van der Waals surface area contributed by atoms with Crippen molar-refractivity contribution in [3.63, 3.8) is 0 Å². The topological polar surface area (TPSA) is 82.2 Å². The molecule has 0 aromatic heterocycles. The highest BCUT2D eigenvalue weighted by Gasteiger charge is 2.44. The molecule has 0 amide bonds. The van der Waals surface area contributed by atoms with Gasteiger partial charge in [-0.2, -0.15) is 0 Å². The number of rotatable bonds is 4. The number of carbonyl (C=O) groups is 3. The lowest BCUT2D eigenvalue weighted by Crippen LogP contribution is -2.20. The smallest absolute Gasteiger partial charge is 0.334 e. The molecular formula is C19H22O6. The highest BCUT2D eigenvalue weighted by atomic mass is 16.6. The van der Waals surface area contributed by atoms with Crippen LogP contribution in [0.3, 0.4) is 0 Å². The number of esters is 2. The standard InChI is InChI=1S/C19H22O6/c1-10(2)18(21)23-9-13-4-5-14-11(3)19(22)25-15(14)6-12(8-20)7-16-17(13)24-16/h4,7-8,10,14-17H,3,5-6,9H2,1-2H3/b12-7+,13-4+/t14-,15+,16+,17+/m0/s1. The van der Waals surface area contributed by atoms with Gasteiger partial charge in [0.05, 0.1) is 5.92 Å². The Labute approximate surface area is 146 Å². The maximum Gasteiger partial charge on any atom is 0.334 e. The summed E-state index contributed by atoms with van der Waals surface area (Å²) in [5.74, 6) is -1.09. The summed E-state index contributed by atoms with van der Waals surface area (Å²) in [6.45, 7) is 7.51. The Morgan fingerprint density at radius 2 is 2.24 bits per heavy atom. The highest BCUT2D eigenvalue weighted by molar-refractivity contribution is 5.91. The summed E-state index contributed by atoms with van der Waals surface area (Å²) in [7, 11) is 0. The molecule has 3 rings (SSSR count). The molecule has 0 bridgehead atoms. The monoisotopic (exact) mass is 346 g/mol. The Morgan fingerprint density at radius 1 is 1.48 bits per heavy atom. The Morgan fingerprint density at radius 3 is 2.92 bits per heavy atom. The molecule has 25 heavy (non-hydrogen) atoms. The highest BCUT2D eigenvalue weighted by Crippen LogP contribution is 2.38. The Kier molecular flexibility index (Phi) is 4.90. The van der Waals surface area contributed by atoms with Crippen molar-refractivity contribution in [2.24, 2.45) is 11.8 Å². The first-order valence-electron chi connectivity index (χ1n) is 8.47. The Hall–Kier alpha value is -2.21. The predicted octanol–water partition coefficient (Wildman–Crippen LogP) is 1.90. The molecule has 0 spiro atoms. The second-order valence-corrected chi connectivity index (χ2v) is 6.94. The van der Waals surface area contributed by atoms with E-state index in [4.69, 9.17) is 14.2 Å². The summed E-state index contributed by atoms with van der Waals surface area (Å²) in [6.07, 6.45) is 4.56. The molecule has 6 heteroatoms. The van der Waals surface area contributed by atoms with Crippen LogP contribution in [0.15, 0.2) is 35.5 Å². The first-order valence-corrected chi connectivity index (χ1v) is 8.47. The minimum atomic E-state index is -0.415. The summed E-state index contributed by atoms with van der Waals surface area (Å²) < 4.78 is 16.3. The van der Waals surface area contributed by atoms with E-state index in [-0.39, 0.29) is 36.6 Å². The van der Waals surface area contributed by atoms with Gasteiger partial charge in [-0.15, -0.1) is 0 Å². The molecule has 3 aliphatic rings. The third-order valence-electron chi connectivity index (χ3n) is 4.76. The number of allylic oxidation sites excluding steroid dienone is 1. The molecule has 1 aliphatic carbocycles. The maximum atomic E-state index is 11.8. The van der Waals surface area contributed by atoms with Gasteiger partial charge in [-0.1, -0.05) is 26.5 Å². The molecule has 0 aromatic rings. The predicted molar refractivity (Wildman–Crippen MR) is 88.4 cm³/mol. The third-order valence-corrected chi connectivity index (χ3v) is 4.76. The van der Waals surface area contributed by atoms with Gasteiger partial charge >= 0.3 is 11.9 Å². The van der Waals surface area contributed by atoms with Crippen molar-refractivity contribution in [3.8, 4) is 0 Å². The molecule has 0 N–H and O–H groups in total. The zero-order chi connectivity index (χ0) is 18.1.